The van der Waals surface area contributed by atoms with E-state index in [-0.39, 0.29) is 10.5 Å². The molecule has 0 aliphatic rings. The summed E-state index contributed by atoms with van der Waals surface area (Å²) in [6, 6.07) is 20.4. The van der Waals surface area contributed by atoms with Crippen molar-refractivity contribution >= 4 is 32.5 Å². The van der Waals surface area contributed by atoms with Crippen LogP contribution in [0.25, 0.3) is 16.6 Å². The third-order valence-corrected chi connectivity index (χ3v) is 5.69. The third-order valence-electron chi connectivity index (χ3n) is 4.53. The lowest BCUT2D eigenvalue weighted by Gasteiger charge is -2.14. The average molecular weight is 426 g/mol. The van der Waals surface area contributed by atoms with Crippen molar-refractivity contribution in [1.29, 1.82) is 0 Å². The van der Waals surface area contributed by atoms with Crippen molar-refractivity contribution in [2.75, 3.05) is 0 Å². The van der Waals surface area contributed by atoms with Crippen molar-refractivity contribution in [3.8, 4) is 5.69 Å². The lowest BCUT2D eigenvalue weighted by Crippen LogP contribution is -2.24. The third kappa shape index (κ3) is 3.93. The summed E-state index contributed by atoms with van der Waals surface area (Å²) in [6.07, 6.45) is 0.422. The van der Waals surface area contributed by atoms with Crippen LogP contribution in [0.3, 0.4) is 0 Å². The molecule has 4 aromatic rings. The van der Waals surface area contributed by atoms with Gasteiger partial charge in [0.25, 0.3) is 5.56 Å². The van der Waals surface area contributed by atoms with E-state index in [1.165, 1.54) is 28.8 Å². The molecule has 146 valence electrons. The summed E-state index contributed by atoms with van der Waals surface area (Å²) in [5.41, 5.74) is 1.74. The van der Waals surface area contributed by atoms with Crippen LogP contribution < -0.4 is 10.7 Å². The maximum Gasteiger partial charge on any atom is 0.266 e. The van der Waals surface area contributed by atoms with Gasteiger partial charge in [0.05, 0.1) is 21.5 Å². The van der Waals surface area contributed by atoms with Crippen molar-refractivity contribution in [2.24, 2.45) is 5.14 Å². The van der Waals surface area contributed by atoms with Crippen molar-refractivity contribution < 1.29 is 8.42 Å². The quantitative estimate of drug-likeness (QED) is 0.542. The number of hydrogen-bond donors (Lipinski definition) is 1. The zero-order valence-corrected chi connectivity index (χ0v) is 16.7. The molecule has 2 N–H and O–H groups in total. The number of nitrogens with zero attached hydrogens (tertiary/aromatic N) is 2. The number of rotatable bonds is 4. The van der Waals surface area contributed by atoms with Gasteiger partial charge >= 0.3 is 0 Å². The Morgan fingerprint density at radius 1 is 0.966 bits per heavy atom. The van der Waals surface area contributed by atoms with Crippen LogP contribution in [-0.2, 0) is 16.4 Å². The van der Waals surface area contributed by atoms with E-state index >= 15 is 0 Å². The van der Waals surface area contributed by atoms with Crippen LogP contribution >= 0.6 is 11.6 Å². The van der Waals surface area contributed by atoms with Gasteiger partial charge in [-0.1, -0.05) is 41.9 Å². The van der Waals surface area contributed by atoms with Crippen molar-refractivity contribution in [2.45, 2.75) is 11.3 Å². The number of aromatic nitrogens is 2. The summed E-state index contributed by atoms with van der Waals surface area (Å²) in [7, 11) is -3.83. The molecule has 6 nitrogen and oxygen atoms in total. The highest BCUT2D eigenvalue weighted by molar-refractivity contribution is 7.89. The van der Waals surface area contributed by atoms with Gasteiger partial charge in [-0.15, -0.1) is 0 Å². The van der Waals surface area contributed by atoms with Crippen LogP contribution in [0.4, 0.5) is 0 Å². The molecule has 0 saturated heterocycles. The first-order chi connectivity index (χ1) is 13.8. The van der Waals surface area contributed by atoms with E-state index in [1.807, 2.05) is 30.3 Å². The normalized spacial score (nSPS) is 11.7. The summed E-state index contributed by atoms with van der Waals surface area (Å²) in [5, 5.41) is 5.99. The lowest BCUT2D eigenvalue weighted by atomic mass is 10.1. The second kappa shape index (κ2) is 7.44. The lowest BCUT2D eigenvalue weighted by molar-refractivity contribution is 0.598. The number of fused-ring (bicyclic) bond motifs is 1. The second-order valence-corrected chi connectivity index (χ2v) is 8.53. The molecule has 0 saturated carbocycles. The predicted molar refractivity (Wildman–Crippen MR) is 113 cm³/mol. The van der Waals surface area contributed by atoms with Crippen molar-refractivity contribution in [3.05, 3.63) is 99.6 Å². The molecule has 0 bridgehead atoms. The second-order valence-electron chi connectivity index (χ2n) is 6.53. The number of hydrogen-bond acceptors (Lipinski definition) is 4. The summed E-state index contributed by atoms with van der Waals surface area (Å²) in [4.78, 5) is 17.9. The molecule has 0 aliphatic carbocycles. The van der Waals surface area contributed by atoms with Gasteiger partial charge in [-0.05, 0) is 48.0 Å². The first-order valence-corrected chi connectivity index (χ1v) is 10.6. The number of nitrogens with two attached hydrogens (primary N) is 1. The van der Waals surface area contributed by atoms with E-state index in [1.54, 1.807) is 18.2 Å². The van der Waals surface area contributed by atoms with Gasteiger partial charge in [0, 0.05) is 11.4 Å². The van der Waals surface area contributed by atoms with Crippen molar-refractivity contribution in [1.82, 2.24) is 9.55 Å². The molecule has 3 aromatic carbocycles. The minimum Gasteiger partial charge on any atom is -0.268 e. The monoisotopic (exact) mass is 425 g/mol. The predicted octanol–water partition coefficient (Wildman–Crippen LogP) is 3.28. The van der Waals surface area contributed by atoms with Gasteiger partial charge in [0.2, 0.25) is 10.0 Å². The van der Waals surface area contributed by atoms with Crippen LogP contribution in [0.2, 0.25) is 5.02 Å². The Morgan fingerprint density at radius 3 is 2.31 bits per heavy atom. The Labute approximate surface area is 172 Å². The van der Waals surface area contributed by atoms with Gasteiger partial charge in [0.1, 0.15) is 5.82 Å². The maximum absolute atomic E-state index is 13.3. The number of benzene rings is 3. The largest absolute Gasteiger partial charge is 0.268 e. The molecule has 0 fully saturated rings. The standard InChI is InChI=1S/C21H16ClN3O3S/c22-15-6-11-19-18(13-15)21(26)25(16-7-9-17(10-8-16)29(23,27)28)20(24-19)12-14-4-2-1-3-5-14/h1-11,13H,12H2,(H2,23,27,28). The molecule has 0 radical (unpaired) electrons. The molecule has 4 rings (SSSR count). The number of primary sulfonamides is 1. The maximum atomic E-state index is 13.3. The Bertz CT molecular complexity index is 1370. The molecule has 1 heterocycles. The fourth-order valence-electron chi connectivity index (χ4n) is 3.15. The highest BCUT2D eigenvalue weighted by Gasteiger charge is 2.15. The number of sulfonamides is 1. The van der Waals surface area contributed by atoms with Crippen LogP contribution in [-0.4, -0.2) is 18.0 Å². The fourth-order valence-corrected chi connectivity index (χ4v) is 3.84. The van der Waals surface area contributed by atoms with Gasteiger partial charge in [-0.25, -0.2) is 18.5 Å². The summed E-state index contributed by atoms with van der Waals surface area (Å²) < 4.78 is 24.6. The first kappa shape index (κ1) is 19.3. The van der Waals surface area contributed by atoms with Gasteiger partial charge in [-0.3, -0.25) is 9.36 Å². The van der Waals surface area contributed by atoms with E-state index in [9.17, 15) is 13.2 Å². The highest BCUT2D eigenvalue weighted by Crippen LogP contribution is 2.20. The molecule has 1 aromatic heterocycles. The Kier molecular flexibility index (Phi) is 4.96. The van der Waals surface area contributed by atoms with E-state index < -0.39 is 10.0 Å². The minimum absolute atomic E-state index is 0.0318. The molecule has 0 spiro atoms. The van der Waals surface area contributed by atoms with Crippen molar-refractivity contribution in [3.63, 3.8) is 0 Å². The Balaban J connectivity index is 1.95. The highest BCUT2D eigenvalue weighted by atomic mass is 35.5. The number of halogens is 1. The zero-order valence-electron chi connectivity index (χ0n) is 15.1. The van der Waals surface area contributed by atoms with Crippen LogP contribution in [0, 0.1) is 0 Å². The van der Waals surface area contributed by atoms with Crippen LogP contribution in [0.5, 0.6) is 0 Å². The smallest absolute Gasteiger partial charge is 0.266 e. The average Bonchev–Trinajstić information content (AvgIpc) is 2.69. The SMILES string of the molecule is NS(=O)(=O)c1ccc(-n2c(Cc3ccccc3)nc3ccc(Cl)cc3c2=O)cc1. The molecule has 29 heavy (non-hydrogen) atoms. The van der Waals surface area contributed by atoms with Gasteiger partial charge in [0.15, 0.2) is 0 Å². The summed E-state index contributed by atoms with van der Waals surface area (Å²) in [5.74, 6) is 0.527. The van der Waals surface area contributed by atoms with Crippen LogP contribution in [0.1, 0.15) is 11.4 Å². The minimum atomic E-state index is -3.83. The summed E-state index contributed by atoms with van der Waals surface area (Å²) in [6.45, 7) is 0. The van der Waals surface area contributed by atoms with E-state index in [0.717, 1.165) is 5.56 Å². The fraction of sp³-hybridized carbons (Fsp3) is 0.0476. The first-order valence-electron chi connectivity index (χ1n) is 8.71. The van der Waals surface area contributed by atoms with E-state index in [4.69, 9.17) is 16.7 Å². The van der Waals surface area contributed by atoms with Crippen LogP contribution in [0.15, 0.2) is 82.5 Å². The molecular weight excluding hydrogens is 410 g/mol. The van der Waals surface area contributed by atoms with Gasteiger partial charge in [-0.2, -0.15) is 0 Å². The molecule has 0 aliphatic heterocycles. The molecule has 0 amide bonds. The molecule has 8 heteroatoms. The summed E-state index contributed by atoms with van der Waals surface area (Å²) >= 11 is 6.07. The zero-order chi connectivity index (χ0) is 20.6. The molecular formula is C21H16ClN3O3S. The molecule has 0 atom stereocenters. The van der Waals surface area contributed by atoms with E-state index in [2.05, 4.69) is 4.98 Å². The van der Waals surface area contributed by atoms with E-state index in [0.29, 0.717) is 33.9 Å². The Morgan fingerprint density at radius 2 is 1.66 bits per heavy atom. The topological polar surface area (TPSA) is 95.1 Å². The molecule has 0 unspecified atom stereocenters. The van der Waals surface area contributed by atoms with Gasteiger partial charge < -0.3 is 0 Å². The Hall–Kier alpha value is -3.00.